The number of benzene rings is 1. The number of aryl methyl sites for hydroxylation is 1. The molecule has 1 atom stereocenters. The first-order valence-electron chi connectivity index (χ1n) is 7.55. The predicted octanol–water partition coefficient (Wildman–Crippen LogP) is 2.43. The monoisotopic (exact) mass is 359 g/mol. The minimum atomic E-state index is -0.397. The van der Waals surface area contributed by atoms with Gasteiger partial charge in [-0.2, -0.15) is 5.10 Å². The van der Waals surface area contributed by atoms with Gasteiger partial charge in [0.05, 0.1) is 6.04 Å². The SMILES string of the molecule is Cc1ccc(OCc2nnc(NC(=O)NC(C)c3ncn[nH]3)s2)cc1. The highest BCUT2D eigenvalue weighted by molar-refractivity contribution is 7.15. The molecule has 0 fully saturated rings. The lowest BCUT2D eigenvalue weighted by Gasteiger charge is -2.10. The molecule has 0 aliphatic heterocycles. The van der Waals surface area contributed by atoms with E-state index in [1.54, 1.807) is 6.92 Å². The number of hydrogen-bond acceptors (Lipinski definition) is 7. The summed E-state index contributed by atoms with van der Waals surface area (Å²) in [5, 5.41) is 20.8. The van der Waals surface area contributed by atoms with E-state index < -0.39 is 6.03 Å². The van der Waals surface area contributed by atoms with Crippen LogP contribution in [0.25, 0.3) is 0 Å². The van der Waals surface area contributed by atoms with E-state index >= 15 is 0 Å². The number of nitrogens with zero attached hydrogens (tertiary/aromatic N) is 4. The van der Waals surface area contributed by atoms with Crippen molar-refractivity contribution in [3.8, 4) is 5.75 Å². The third-order valence-electron chi connectivity index (χ3n) is 3.26. The molecule has 3 aromatic rings. The van der Waals surface area contributed by atoms with E-state index in [9.17, 15) is 4.79 Å². The zero-order chi connectivity index (χ0) is 17.6. The Morgan fingerprint density at radius 3 is 2.84 bits per heavy atom. The van der Waals surface area contributed by atoms with Crippen molar-refractivity contribution in [2.24, 2.45) is 0 Å². The lowest BCUT2D eigenvalue weighted by atomic mass is 10.2. The molecular formula is C15H17N7O2S. The number of urea groups is 1. The number of ether oxygens (including phenoxy) is 1. The summed E-state index contributed by atoms with van der Waals surface area (Å²) in [5.41, 5.74) is 1.17. The van der Waals surface area contributed by atoms with Gasteiger partial charge in [0.2, 0.25) is 5.13 Å². The molecule has 1 aromatic carbocycles. The molecule has 1 unspecified atom stereocenters. The van der Waals surface area contributed by atoms with Crippen molar-refractivity contribution in [1.29, 1.82) is 0 Å². The first-order chi connectivity index (χ1) is 12.1. The summed E-state index contributed by atoms with van der Waals surface area (Å²) in [5.74, 6) is 1.33. The van der Waals surface area contributed by atoms with Crippen molar-refractivity contribution in [2.75, 3.05) is 5.32 Å². The van der Waals surface area contributed by atoms with E-state index in [0.717, 1.165) is 5.75 Å². The fourth-order valence-corrected chi connectivity index (χ4v) is 2.61. The van der Waals surface area contributed by atoms with Crippen molar-refractivity contribution in [3.63, 3.8) is 0 Å². The van der Waals surface area contributed by atoms with E-state index in [1.807, 2.05) is 31.2 Å². The number of carbonyl (C=O) groups is 1. The second-order valence-corrected chi connectivity index (χ2v) is 6.36. The van der Waals surface area contributed by atoms with Gasteiger partial charge >= 0.3 is 6.03 Å². The number of H-pyrrole nitrogens is 1. The van der Waals surface area contributed by atoms with Crippen molar-refractivity contribution in [1.82, 2.24) is 30.7 Å². The average Bonchev–Trinajstić information content (AvgIpc) is 3.26. The quantitative estimate of drug-likeness (QED) is 0.622. The Balaban J connectivity index is 1.49. The van der Waals surface area contributed by atoms with Gasteiger partial charge in [-0.25, -0.2) is 9.78 Å². The highest BCUT2D eigenvalue weighted by atomic mass is 32.1. The van der Waals surface area contributed by atoms with Crippen LogP contribution in [-0.4, -0.2) is 31.4 Å². The minimum Gasteiger partial charge on any atom is -0.486 e. The van der Waals surface area contributed by atoms with Gasteiger partial charge in [-0.1, -0.05) is 29.0 Å². The number of amides is 2. The summed E-state index contributed by atoms with van der Waals surface area (Å²) in [6, 6.07) is 7.04. The number of hydrogen-bond donors (Lipinski definition) is 3. The smallest absolute Gasteiger partial charge is 0.321 e. The minimum absolute atomic E-state index is 0.290. The molecule has 0 radical (unpaired) electrons. The Morgan fingerprint density at radius 1 is 1.32 bits per heavy atom. The summed E-state index contributed by atoms with van der Waals surface area (Å²) in [4.78, 5) is 15.9. The van der Waals surface area contributed by atoms with Gasteiger partial charge in [-0.3, -0.25) is 10.4 Å². The van der Waals surface area contributed by atoms with Crippen molar-refractivity contribution >= 4 is 22.5 Å². The first-order valence-corrected chi connectivity index (χ1v) is 8.36. The Labute approximate surface area is 147 Å². The van der Waals surface area contributed by atoms with Crippen LogP contribution < -0.4 is 15.4 Å². The van der Waals surface area contributed by atoms with Crippen molar-refractivity contribution in [2.45, 2.75) is 26.5 Å². The number of anilines is 1. The third kappa shape index (κ3) is 4.73. The topological polar surface area (TPSA) is 118 Å². The zero-order valence-corrected chi connectivity index (χ0v) is 14.5. The maximum Gasteiger partial charge on any atom is 0.321 e. The van der Waals surface area contributed by atoms with Gasteiger partial charge in [0.25, 0.3) is 0 Å². The molecule has 25 heavy (non-hydrogen) atoms. The second kappa shape index (κ2) is 7.71. The van der Waals surface area contributed by atoms with E-state index in [4.69, 9.17) is 4.74 Å². The maximum absolute atomic E-state index is 12.0. The van der Waals surface area contributed by atoms with Crippen LogP contribution in [0.2, 0.25) is 0 Å². The molecule has 2 amide bonds. The van der Waals surface area contributed by atoms with Crippen LogP contribution in [0.1, 0.15) is 29.4 Å². The molecule has 2 heterocycles. The number of nitrogens with one attached hydrogen (secondary N) is 3. The van der Waals surface area contributed by atoms with Crippen LogP contribution in [0, 0.1) is 6.92 Å². The summed E-state index contributed by atoms with van der Waals surface area (Å²) in [7, 11) is 0. The molecule has 3 rings (SSSR count). The van der Waals surface area contributed by atoms with Gasteiger partial charge < -0.3 is 10.1 Å². The van der Waals surface area contributed by atoms with E-state index in [1.165, 1.54) is 23.2 Å². The largest absolute Gasteiger partial charge is 0.486 e. The van der Waals surface area contributed by atoms with E-state index in [-0.39, 0.29) is 6.04 Å². The van der Waals surface area contributed by atoms with Crippen LogP contribution in [0.4, 0.5) is 9.93 Å². The van der Waals surface area contributed by atoms with Crippen LogP contribution in [0.3, 0.4) is 0 Å². The molecule has 0 saturated carbocycles. The maximum atomic E-state index is 12.0. The highest BCUT2D eigenvalue weighted by Gasteiger charge is 2.14. The molecule has 0 aliphatic rings. The molecule has 2 aromatic heterocycles. The number of carbonyl (C=O) groups excluding carboxylic acids is 1. The van der Waals surface area contributed by atoms with Crippen LogP contribution in [0.15, 0.2) is 30.6 Å². The Hall–Kier alpha value is -3.01. The van der Waals surface area contributed by atoms with Gasteiger partial charge in [0.1, 0.15) is 24.5 Å². The van der Waals surface area contributed by atoms with Gasteiger partial charge in [-0.15, -0.1) is 10.2 Å². The number of aromatic amines is 1. The molecule has 9 nitrogen and oxygen atoms in total. The van der Waals surface area contributed by atoms with Gasteiger partial charge in [0.15, 0.2) is 5.01 Å². The Morgan fingerprint density at radius 2 is 2.12 bits per heavy atom. The summed E-state index contributed by atoms with van der Waals surface area (Å²) >= 11 is 1.25. The normalized spacial score (nSPS) is 11.8. The molecule has 3 N–H and O–H groups in total. The van der Waals surface area contributed by atoms with Crippen LogP contribution >= 0.6 is 11.3 Å². The number of aromatic nitrogens is 5. The summed E-state index contributed by atoms with van der Waals surface area (Å²) in [6.07, 6.45) is 1.39. The van der Waals surface area contributed by atoms with E-state index in [0.29, 0.717) is 22.6 Å². The molecule has 10 heteroatoms. The molecule has 0 aliphatic carbocycles. The fourth-order valence-electron chi connectivity index (χ4n) is 1.96. The third-order valence-corrected chi connectivity index (χ3v) is 4.07. The van der Waals surface area contributed by atoms with Crippen LogP contribution in [-0.2, 0) is 6.61 Å². The van der Waals surface area contributed by atoms with Gasteiger partial charge in [-0.05, 0) is 26.0 Å². The van der Waals surface area contributed by atoms with Gasteiger partial charge in [0, 0.05) is 0 Å². The first kappa shape index (κ1) is 16.8. The summed E-state index contributed by atoms with van der Waals surface area (Å²) < 4.78 is 5.64. The van der Waals surface area contributed by atoms with Crippen LogP contribution in [0.5, 0.6) is 5.75 Å². The number of rotatable bonds is 6. The molecule has 130 valence electrons. The lowest BCUT2D eigenvalue weighted by Crippen LogP contribution is -2.31. The molecule has 0 spiro atoms. The highest BCUT2D eigenvalue weighted by Crippen LogP contribution is 2.18. The molecular weight excluding hydrogens is 342 g/mol. The Bertz CT molecular complexity index is 817. The van der Waals surface area contributed by atoms with Crippen molar-refractivity contribution < 1.29 is 9.53 Å². The standard InChI is InChI=1S/C15H17N7O2S/c1-9-3-5-11(6-4-9)24-7-12-20-22-15(25-12)19-14(23)18-10(2)13-16-8-17-21-13/h3-6,8,10H,7H2,1-2H3,(H,16,17,21)(H2,18,19,22,23). The van der Waals surface area contributed by atoms with Crippen molar-refractivity contribution in [3.05, 3.63) is 47.0 Å². The zero-order valence-electron chi connectivity index (χ0n) is 13.7. The molecule has 0 bridgehead atoms. The second-order valence-electron chi connectivity index (χ2n) is 5.29. The fraction of sp³-hybridized carbons (Fsp3) is 0.267. The lowest BCUT2D eigenvalue weighted by molar-refractivity contribution is 0.249. The predicted molar refractivity (Wildman–Crippen MR) is 92.4 cm³/mol. The Kier molecular flexibility index (Phi) is 5.19. The van der Waals surface area contributed by atoms with E-state index in [2.05, 4.69) is 36.0 Å². The average molecular weight is 359 g/mol. The summed E-state index contributed by atoms with van der Waals surface area (Å²) in [6.45, 7) is 4.10. The molecule has 0 saturated heterocycles.